The van der Waals surface area contributed by atoms with Crippen LogP contribution in [0.25, 0.3) is 0 Å². The molecule has 0 radical (unpaired) electrons. The van der Waals surface area contributed by atoms with E-state index in [1.165, 1.54) is 19.6 Å². The third-order valence-corrected chi connectivity index (χ3v) is 16.7. The first kappa shape index (κ1) is 44.3. The smallest absolute Gasteiger partial charge is 0.316 e. The number of fused-ring (bicyclic) bond motifs is 1. The summed E-state index contributed by atoms with van der Waals surface area (Å²) < 4.78 is 29.0. The van der Waals surface area contributed by atoms with Crippen molar-refractivity contribution in [1.29, 1.82) is 0 Å². The number of carbonyl (C=O) groups excluding carboxylic acids is 3. The van der Waals surface area contributed by atoms with Crippen molar-refractivity contribution >= 4 is 39.7 Å². The first-order valence-electron chi connectivity index (χ1n) is 20.5. The number of hydrogen-bond donors (Lipinski definition) is 0. The van der Waals surface area contributed by atoms with E-state index in [1.807, 2.05) is 77.9 Å². The van der Waals surface area contributed by atoms with Crippen LogP contribution in [0.15, 0.2) is 129 Å². The maximum atomic E-state index is 12.9. The zero-order valence-electron chi connectivity index (χ0n) is 34.4. The van der Waals surface area contributed by atoms with Crippen LogP contribution in [0.2, 0.25) is 0 Å². The van der Waals surface area contributed by atoms with Crippen LogP contribution < -0.4 is 9.47 Å². The van der Waals surface area contributed by atoms with E-state index in [1.54, 1.807) is 0 Å². The van der Waals surface area contributed by atoms with Crippen molar-refractivity contribution in [1.82, 2.24) is 0 Å². The third kappa shape index (κ3) is 9.71. The molecule has 0 aromatic heterocycles. The van der Waals surface area contributed by atoms with E-state index < -0.39 is 16.9 Å². The van der Waals surface area contributed by atoms with Gasteiger partial charge in [0.2, 0.25) is 0 Å². The fourth-order valence-corrected chi connectivity index (χ4v) is 11.8. The Morgan fingerprint density at radius 1 is 0.695 bits per heavy atom. The summed E-state index contributed by atoms with van der Waals surface area (Å²) in [5.41, 5.74) is -1.01. The van der Waals surface area contributed by atoms with Gasteiger partial charge in [-0.2, -0.15) is 0 Å². The molecule has 4 aliphatic rings. The Bertz CT molecular complexity index is 1970. The minimum Gasteiger partial charge on any atom is -0.489 e. The van der Waals surface area contributed by atoms with Gasteiger partial charge in [-0.25, -0.2) is 0 Å². The van der Waals surface area contributed by atoms with Gasteiger partial charge in [-0.1, -0.05) is 57.7 Å². The molecule has 8 nitrogen and oxygen atoms in total. The highest BCUT2D eigenvalue weighted by molar-refractivity contribution is 7.97. The van der Waals surface area contributed by atoms with E-state index in [9.17, 15) is 14.4 Å². The zero-order valence-corrected chi connectivity index (χ0v) is 36.0. The Morgan fingerprint density at radius 3 is 1.78 bits per heavy atom. The van der Waals surface area contributed by atoms with E-state index in [0.29, 0.717) is 17.9 Å². The molecule has 314 valence electrons. The monoisotopic (exact) mass is 840 g/mol. The molecule has 4 fully saturated rings. The minimum atomic E-state index is -0.579. The van der Waals surface area contributed by atoms with Crippen LogP contribution in [0.4, 0.5) is 0 Å². The fourth-order valence-electron chi connectivity index (χ4n) is 7.85. The molecule has 2 saturated carbocycles. The van der Waals surface area contributed by atoms with Gasteiger partial charge in [-0.15, -0.1) is 0 Å². The molecule has 4 aromatic rings. The first-order chi connectivity index (χ1) is 27.9. The van der Waals surface area contributed by atoms with Crippen molar-refractivity contribution in [2.45, 2.75) is 106 Å². The summed E-state index contributed by atoms with van der Waals surface area (Å²) >= 11 is 0. The Morgan fingerprint density at radius 2 is 1.22 bits per heavy atom. The number of esters is 3. The van der Waals surface area contributed by atoms with Crippen LogP contribution in [0.1, 0.15) is 68.2 Å². The van der Waals surface area contributed by atoms with Gasteiger partial charge in [0.15, 0.2) is 19.6 Å². The number of hydrogen-bond acceptors (Lipinski definition) is 8. The summed E-state index contributed by atoms with van der Waals surface area (Å²) in [6, 6.07) is 37.2. The Balaban J connectivity index is 0.000000236. The molecule has 4 aromatic carbocycles. The van der Waals surface area contributed by atoms with Gasteiger partial charge < -0.3 is 23.7 Å². The zero-order chi connectivity index (χ0) is 41.0. The molecule has 2 aliphatic carbocycles. The second-order valence-corrected chi connectivity index (χ2v) is 21.0. The highest BCUT2D eigenvalue weighted by Gasteiger charge is 2.69. The summed E-state index contributed by atoms with van der Waals surface area (Å²) in [5.74, 6) is 2.60. The SMILES string of the molecule is C.CCC(C)(C)C(=O)OC1C2CC3C1OC(=O)C3C2Oc1ccc([S+](c2ccccc2)c2ccccc2)cc1.CCC(C)(C)C(=O)Oc1ccc([S+]2CCOCC2)cc1. The number of ether oxygens (including phenoxy) is 5. The van der Waals surface area contributed by atoms with E-state index >= 15 is 0 Å². The molecule has 0 amide bonds. The second kappa shape index (κ2) is 19.0. The van der Waals surface area contributed by atoms with E-state index in [2.05, 4.69) is 72.8 Å². The van der Waals surface area contributed by atoms with Crippen LogP contribution in [0.3, 0.4) is 0 Å². The average Bonchev–Trinajstić information content (AvgIpc) is 3.87. The Labute approximate surface area is 356 Å². The predicted octanol–water partition coefficient (Wildman–Crippen LogP) is 9.74. The van der Waals surface area contributed by atoms with Crippen molar-refractivity contribution in [3.8, 4) is 11.5 Å². The largest absolute Gasteiger partial charge is 0.489 e. The topological polar surface area (TPSA) is 97.4 Å². The lowest BCUT2D eigenvalue weighted by Crippen LogP contribution is -2.46. The fraction of sp³-hybridized carbons (Fsp3) is 0.449. The Kier molecular flexibility index (Phi) is 14.3. The summed E-state index contributed by atoms with van der Waals surface area (Å²) in [7, 11) is 0.0416. The Hall–Kier alpha value is -4.25. The van der Waals surface area contributed by atoms with Crippen molar-refractivity contribution in [2.75, 3.05) is 24.7 Å². The molecule has 6 atom stereocenters. The van der Waals surface area contributed by atoms with Gasteiger partial charge >= 0.3 is 17.9 Å². The predicted molar refractivity (Wildman–Crippen MR) is 234 cm³/mol. The van der Waals surface area contributed by atoms with Crippen LogP contribution in [0.5, 0.6) is 11.5 Å². The van der Waals surface area contributed by atoms with Crippen molar-refractivity contribution in [2.24, 2.45) is 28.6 Å². The highest BCUT2D eigenvalue weighted by atomic mass is 32.2. The van der Waals surface area contributed by atoms with Gasteiger partial charge in [0.25, 0.3) is 0 Å². The van der Waals surface area contributed by atoms with Gasteiger partial charge in [-0.3, -0.25) is 14.4 Å². The summed E-state index contributed by atoms with van der Waals surface area (Å²) in [6.07, 6.45) is 1.07. The molecule has 2 bridgehead atoms. The number of carbonyl (C=O) groups is 3. The molecular formula is C49H60O8S2+2. The lowest BCUT2D eigenvalue weighted by atomic mass is 9.84. The third-order valence-electron chi connectivity index (χ3n) is 12.2. The standard InChI is InChI=1S/C32H33O5S.C16H23O3S.CH4/c1-4-32(2,3)31(34)37-29-25-19-24-26(30(33)36-28(24)29)27(25)35-20-15-17-23(18-16-20)38(21-11-7-5-8-12-21)22-13-9-6-10-14-22;1-4-16(2,3)15(17)19-13-5-7-14(8-6-13)20-11-9-18-10-12-20;/h5-18,24-29H,4,19H2,1-3H3;5-8H,4,9-12H2,1-3H3;1H4/q2*+1;. The summed E-state index contributed by atoms with van der Waals surface area (Å²) in [4.78, 5) is 42.7. The van der Waals surface area contributed by atoms with Crippen LogP contribution >= 0.6 is 0 Å². The molecule has 2 aliphatic heterocycles. The van der Waals surface area contributed by atoms with Crippen molar-refractivity contribution in [3.63, 3.8) is 0 Å². The van der Waals surface area contributed by atoms with Crippen LogP contribution in [0, 0.1) is 28.6 Å². The average molecular weight is 841 g/mol. The number of rotatable bonds is 12. The summed E-state index contributed by atoms with van der Waals surface area (Å²) in [6.45, 7) is 13.3. The molecule has 2 saturated heterocycles. The quantitative estimate of drug-likeness (QED) is 0.0791. The molecule has 2 heterocycles. The highest BCUT2D eigenvalue weighted by Crippen LogP contribution is 2.57. The molecule has 59 heavy (non-hydrogen) atoms. The molecule has 0 spiro atoms. The normalized spacial score (nSPS) is 23.4. The molecule has 8 rings (SSSR count). The number of benzene rings is 4. The maximum absolute atomic E-state index is 12.9. The molecular weight excluding hydrogens is 781 g/mol. The van der Waals surface area contributed by atoms with E-state index in [0.717, 1.165) is 37.6 Å². The summed E-state index contributed by atoms with van der Waals surface area (Å²) in [5, 5.41) is 0. The minimum absolute atomic E-state index is 0. The van der Waals surface area contributed by atoms with Gasteiger partial charge in [-0.05, 0) is 120 Å². The van der Waals surface area contributed by atoms with Crippen molar-refractivity contribution in [3.05, 3.63) is 109 Å². The lowest BCUT2D eigenvalue weighted by molar-refractivity contribution is -0.172. The van der Waals surface area contributed by atoms with Crippen molar-refractivity contribution < 1.29 is 38.1 Å². The second-order valence-electron chi connectivity index (χ2n) is 16.7. The molecule has 6 unspecified atom stereocenters. The van der Waals surface area contributed by atoms with E-state index in [4.69, 9.17) is 23.7 Å². The molecule has 10 heteroatoms. The first-order valence-corrected chi connectivity index (χ1v) is 23.3. The van der Waals surface area contributed by atoms with Gasteiger partial charge in [0, 0.05) is 22.7 Å². The van der Waals surface area contributed by atoms with Crippen LogP contribution in [-0.4, -0.2) is 60.9 Å². The lowest BCUT2D eigenvalue weighted by Gasteiger charge is -2.33. The molecule has 0 N–H and O–H groups in total. The van der Waals surface area contributed by atoms with E-state index in [-0.39, 0.29) is 77.1 Å². The van der Waals surface area contributed by atoms with Gasteiger partial charge in [0.05, 0.1) is 34.9 Å². The van der Waals surface area contributed by atoms with Gasteiger partial charge in [0.1, 0.15) is 47.2 Å². The van der Waals surface area contributed by atoms with Crippen LogP contribution in [-0.2, 0) is 50.4 Å². The maximum Gasteiger partial charge on any atom is 0.316 e.